The second-order valence-corrected chi connectivity index (χ2v) is 9.43. The number of likely N-dealkylation sites (tertiary alicyclic amines) is 1. The highest BCUT2D eigenvalue weighted by Gasteiger charge is 2.17. The van der Waals surface area contributed by atoms with Gasteiger partial charge in [0.25, 0.3) is 5.91 Å². The zero-order valence-corrected chi connectivity index (χ0v) is 20.1. The number of carbonyl (C=O) groups excluding carboxylic acids is 1. The van der Waals surface area contributed by atoms with Gasteiger partial charge in [-0.05, 0) is 87.0 Å². The van der Waals surface area contributed by atoms with Crippen molar-refractivity contribution in [2.45, 2.75) is 65.3 Å². The summed E-state index contributed by atoms with van der Waals surface area (Å²) >= 11 is 0. The zero-order chi connectivity index (χ0) is 22.8. The molecule has 1 fully saturated rings. The summed E-state index contributed by atoms with van der Waals surface area (Å²) in [5.41, 5.74) is 3.31. The van der Waals surface area contributed by atoms with Crippen LogP contribution in [-0.2, 0) is 6.42 Å². The number of benzene rings is 2. The molecule has 0 aliphatic carbocycles. The van der Waals surface area contributed by atoms with Crippen LogP contribution in [0.25, 0.3) is 0 Å². The molecule has 1 amide bonds. The van der Waals surface area contributed by atoms with Gasteiger partial charge in [-0.1, -0.05) is 51.0 Å². The standard InChI is InChI=1S/C28H40N2O2/c1-22(2)17-21-32-27-14-12-26(13-15-27)28(31)29-18-16-24-8-10-25(11-9-24)23(3)30-19-6-4-5-7-20-30/h8-15,22-23H,4-7,16-21H2,1-3H3,(H,29,31). The predicted octanol–water partition coefficient (Wildman–Crippen LogP) is 6.02. The van der Waals surface area contributed by atoms with E-state index in [0.717, 1.165) is 18.6 Å². The third-order valence-electron chi connectivity index (χ3n) is 6.43. The third-order valence-corrected chi connectivity index (χ3v) is 6.43. The highest BCUT2D eigenvalue weighted by molar-refractivity contribution is 5.94. The number of nitrogens with zero attached hydrogens (tertiary/aromatic N) is 1. The first-order valence-corrected chi connectivity index (χ1v) is 12.4. The maximum absolute atomic E-state index is 12.4. The van der Waals surface area contributed by atoms with Crippen LogP contribution in [0.4, 0.5) is 0 Å². The Morgan fingerprint density at radius 2 is 1.59 bits per heavy atom. The van der Waals surface area contributed by atoms with Gasteiger partial charge in [-0.25, -0.2) is 0 Å². The fourth-order valence-corrected chi connectivity index (χ4v) is 4.19. The molecule has 0 radical (unpaired) electrons. The summed E-state index contributed by atoms with van der Waals surface area (Å²) in [4.78, 5) is 15.1. The Morgan fingerprint density at radius 1 is 0.938 bits per heavy atom. The van der Waals surface area contributed by atoms with Gasteiger partial charge in [0.15, 0.2) is 0 Å². The molecule has 1 unspecified atom stereocenters. The van der Waals surface area contributed by atoms with E-state index in [1.165, 1.54) is 49.9 Å². The molecule has 3 rings (SSSR count). The molecule has 1 N–H and O–H groups in total. The average Bonchev–Trinajstić information content (AvgIpc) is 3.09. The monoisotopic (exact) mass is 436 g/mol. The molecule has 0 saturated carbocycles. The van der Waals surface area contributed by atoms with Gasteiger partial charge in [0.05, 0.1) is 6.61 Å². The normalized spacial score (nSPS) is 15.9. The Balaban J connectivity index is 1.42. The number of hydrogen-bond donors (Lipinski definition) is 1. The molecule has 0 spiro atoms. The van der Waals surface area contributed by atoms with Gasteiger partial charge >= 0.3 is 0 Å². The van der Waals surface area contributed by atoms with Crippen molar-refractivity contribution in [2.75, 3.05) is 26.2 Å². The van der Waals surface area contributed by atoms with Crippen LogP contribution in [0, 0.1) is 5.92 Å². The Hall–Kier alpha value is -2.33. The van der Waals surface area contributed by atoms with Crippen LogP contribution < -0.4 is 10.1 Å². The van der Waals surface area contributed by atoms with Gasteiger partial charge in [0, 0.05) is 18.2 Å². The van der Waals surface area contributed by atoms with E-state index in [-0.39, 0.29) is 5.91 Å². The van der Waals surface area contributed by atoms with Crippen molar-refractivity contribution >= 4 is 5.91 Å². The van der Waals surface area contributed by atoms with Gasteiger partial charge in [-0.15, -0.1) is 0 Å². The first-order valence-electron chi connectivity index (χ1n) is 12.4. The summed E-state index contributed by atoms with van der Waals surface area (Å²) < 4.78 is 5.73. The number of nitrogens with one attached hydrogen (secondary N) is 1. The molecule has 0 bridgehead atoms. The number of hydrogen-bond acceptors (Lipinski definition) is 3. The molecule has 0 aromatic heterocycles. The molecular weight excluding hydrogens is 396 g/mol. The Kier molecular flexibility index (Phi) is 9.61. The minimum Gasteiger partial charge on any atom is -0.494 e. The maximum atomic E-state index is 12.4. The lowest BCUT2D eigenvalue weighted by Crippen LogP contribution is -2.28. The summed E-state index contributed by atoms with van der Waals surface area (Å²) in [6, 6.07) is 16.8. The van der Waals surface area contributed by atoms with Crippen LogP contribution in [0.3, 0.4) is 0 Å². The lowest BCUT2D eigenvalue weighted by molar-refractivity contribution is 0.0954. The zero-order valence-electron chi connectivity index (χ0n) is 20.1. The van der Waals surface area contributed by atoms with Crippen molar-refractivity contribution in [1.82, 2.24) is 10.2 Å². The van der Waals surface area contributed by atoms with Crippen molar-refractivity contribution in [3.05, 3.63) is 65.2 Å². The lowest BCUT2D eigenvalue weighted by atomic mass is 10.0. The number of carbonyl (C=O) groups is 1. The van der Waals surface area contributed by atoms with Crippen molar-refractivity contribution in [3.8, 4) is 5.75 Å². The van der Waals surface area contributed by atoms with E-state index in [1.54, 1.807) is 0 Å². The van der Waals surface area contributed by atoms with Gasteiger partial charge in [-0.3, -0.25) is 9.69 Å². The van der Waals surface area contributed by atoms with E-state index in [0.29, 0.717) is 30.7 Å². The summed E-state index contributed by atoms with van der Waals surface area (Å²) in [7, 11) is 0. The molecule has 32 heavy (non-hydrogen) atoms. The van der Waals surface area contributed by atoms with E-state index in [2.05, 4.69) is 55.3 Å². The van der Waals surface area contributed by atoms with Crippen molar-refractivity contribution in [3.63, 3.8) is 0 Å². The topological polar surface area (TPSA) is 41.6 Å². The Morgan fingerprint density at radius 3 is 2.22 bits per heavy atom. The highest BCUT2D eigenvalue weighted by Crippen LogP contribution is 2.24. The van der Waals surface area contributed by atoms with Crippen molar-refractivity contribution in [2.24, 2.45) is 5.92 Å². The summed E-state index contributed by atoms with van der Waals surface area (Å²) in [5.74, 6) is 1.40. The van der Waals surface area contributed by atoms with Crippen LogP contribution in [0.1, 0.15) is 80.4 Å². The minimum absolute atomic E-state index is 0.0369. The second kappa shape index (κ2) is 12.6. The van der Waals surface area contributed by atoms with Crippen molar-refractivity contribution < 1.29 is 9.53 Å². The molecule has 1 aliphatic heterocycles. The Labute approximate surface area is 194 Å². The smallest absolute Gasteiger partial charge is 0.251 e. The van der Waals surface area contributed by atoms with Crippen LogP contribution >= 0.6 is 0 Å². The van der Waals surface area contributed by atoms with Gasteiger partial charge in [-0.2, -0.15) is 0 Å². The molecule has 1 saturated heterocycles. The van der Waals surface area contributed by atoms with Gasteiger partial charge in [0.1, 0.15) is 5.75 Å². The second-order valence-electron chi connectivity index (χ2n) is 9.43. The van der Waals surface area contributed by atoms with Gasteiger partial charge in [0.2, 0.25) is 0 Å². The number of rotatable bonds is 10. The quantitative estimate of drug-likeness (QED) is 0.495. The van der Waals surface area contributed by atoms with E-state index < -0.39 is 0 Å². The summed E-state index contributed by atoms with van der Waals surface area (Å²) in [5, 5.41) is 3.03. The fourth-order valence-electron chi connectivity index (χ4n) is 4.19. The summed E-state index contributed by atoms with van der Waals surface area (Å²) in [6.45, 7) is 10.4. The Bertz CT molecular complexity index is 806. The average molecular weight is 437 g/mol. The van der Waals surface area contributed by atoms with E-state index >= 15 is 0 Å². The maximum Gasteiger partial charge on any atom is 0.251 e. The first-order chi connectivity index (χ1) is 15.5. The van der Waals surface area contributed by atoms with Crippen LogP contribution in [0.15, 0.2) is 48.5 Å². The first kappa shape index (κ1) is 24.3. The summed E-state index contributed by atoms with van der Waals surface area (Å²) in [6.07, 6.45) is 7.22. The van der Waals surface area contributed by atoms with Crippen LogP contribution in [-0.4, -0.2) is 37.0 Å². The van der Waals surface area contributed by atoms with Crippen molar-refractivity contribution in [1.29, 1.82) is 0 Å². The molecule has 1 heterocycles. The van der Waals surface area contributed by atoms with E-state index in [4.69, 9.17) is 4.74 Å². The molecule has 2 aromatic carbocycles. The molecule has 1 aliphatic rings. The largest absolute Gasteiger partial charge is 0.494 e. The molecule has 174 valence electrons. The fraction of sp³-hybridized carbons (Fsp3) is 0.536. The number of ether oxygens (including phenoxy) is 1. The highest BCUT2D eigenvalue weighted by atomic mass is 16.5. The molecule has 1 atom stereocenters. The van der Waals surface area contributed by atoms with E-state index in [9.17, 15) is 4.79 Å². The van der Waals surface area contributed by atoms with E-state index in [1.807, 2.05) is 24.3 Å². The van der Waals surface area contributed by atoms with Crippen LogP contribution in [0.5, 0.6) is 5.75 Å². The number of amides is 1. The SMILES string of the molecule is CC(C)CCOc1ccc(C(=O)NCCc2ccc(C(C)N3CCCCCC3)cc2)cc1. The molecule has 4 nitrogen and oxygen atoms in total. The van der Waals surface area contributed by atoms with Gasteiger partial charge < -0.3 is 10.1 Å². The third kappa shape index (κ3) is 7.67. The lowest BCUT2D eigenvalue weighted by Gasteiger charge is -2.28. The predicted molar refractivity (Wildman–Crippen MR) is 132 cm³/mol. The van der Waals surface area contributed by atoms with Crippen LogP contribution in [0.2, 0.25) is 0 Å². The molecule has 2 aromatic rings. The molecule has 4 heteroatoms. The molecular formula is C28H40N2O2. The minimum atomic E-state index is -0.0369.